The number of para-hydroxylation sites is 1. The zero-order valence-electron chi connectivity index (χ0n) is 12.3. The Labute approximate surface area is 128 Å². The number of rotatable bonds is 7. The quantitative estimate of drug-likeness (QED) is 0.795. The van der Waals surface area contributed by atoms with Gasteiger partial charge in [-0.25, -0.2) is 4.39 Å². The lowest BCUT2D eigenvalue weighted by Gasteiger charge is -2.10. The van der Waals surface area contributed by atoms with Crippen molar-refractivity contribution in [3.8, 4) is 11.5 Å². The summed E-state index contributed by atoms with van der Waals surface area (Å²) in [5.74, 6) is 0.504. The van der Waals surface area contributed by atoms with E-state index in [1.165, 1.54) is 25.3 Å². The van der Waals surface area contributed by atoms with Gasteiger partial charge in [0.05, 0.1) is 19.4 Å². The SMILES string of the molecule is COc1cc(F)ccc1NC(=O)CCCOc1ccccc1. The Morgan fingerprint density at radius 3 is 2.68 bits per heavy atom. The minimum atomic E-state index is -0.411. The summed E-state index contributed by atoms with van der Waals surface area (Å²) >= 11 is 0. The summed E-state index contributed by atoms with van der Waals surface area (Å²) in [7, 11) is 1.43. The van der Waals surface area contributed by atoms with Gasteiger partial charge in [0.25, 0.3) is 0 Å². The van der Waals surface area contributed by atoms with Crippen LogP contribution in [0.5, 0.6) is 11.5 Å². The molecule has 1 N–H and O–H groups in total. The lowest BCUT2D eigenvalue weighted by Crippen LogP contribution is -2.13. The van der Waals surface area contributed by atoms with Gasteiger partial charge in [0.1, 0.15) is 17.3 Å². The minimum absolute atomic E-state index is 0.165. The second kappa shape index (κ2) is 8.02. The van der Waals surface area contributed by atoms with Crippen LogP contribution in [0.3, 0.4) is 0 Å². The van der Waals surface area contributed by atoms with Crippen LogP contribution in [0, 0.1) is 5.82 Å². The van der Waals surface area contributed by atoms with Gasteiger partial charge in [-0.2, -0.15) is 0 Å². The molecule has 0 atom stereocenters. The van der Waals surface area contributed by atoms with Crippen LogP contribution in [0.1, 0.15) is 12.8 Å². The van der Waals surface area contributed by atoms with Gasteiger partial charge < -0.3 is 14.8 Å². The van der Waals surface area contributed by atoms with E-state index in [1.54, 1.807) is 0 Å². The number of ether oxygens (including phenoxy) is 2. The molecule has 0 spiro atoms. The second-order valence-electron chi connectivity index (χ2n) is 4.66. The molecule has 0 saturated carbocycles. The molecule has 0 aliphatic heterocycles. The summed E-state index contributed by atoms with van der Waals surface area (Å²) < 4.78 is 23.6. The third-order valence-electron chi connectivity index (χ3n) is 3.00. The van der Waals surface area contributed by atoms with E-state index < -0.39 is 5.82 Å². The fourth-order valence-corrected chi connectivity index (χ4v) is 1.92. The molecule has 1 amide bonds. The summed E-state index contributed by atoms with van der Waals surface area (Å²) in [6.45, 7) is 0.456. The first-order valence-corrected chi connectivity index (χ1v) is 7.00. The Bertz CT molecular complexity index is 617. The van der Waals surface area contributed by atoms with Crippen LogP contribution in [-0.2, 0) is 4.79 Å². The highest BCUT2D eigenvalue weighted by atomic mass is 19.1. The number of anilines is 1. The Morgan fingerprint density at radius 1 is 1.18 bits per heavy atom. The standard InChI is InChI=1S/C17H18FNO3/c1-21-16-12-13(18)9-10-15(16)19-17(20)8-5-11-22-14-6-3-2-4-7-14/h2-4,6-7,9-10,12H,5,8,11H2,1H3,(H,19,20). The number of carbonyl (C=O) groups is 1. The Kier molecular flexibility index (Phi) is 5.77. The van der Waals surface area contributed by atoms with Crippen molar-refractivity contribution in [1.82, 2.24) is 0 Å². The van der Waals surface area contributed by atoms with Crippen LogP contribution in [0.25, 0.3) is 0 Å². The molecule has 2 rings (SSSR count). The Hall–Kier alpha value is -2.56. The van der Waals surface area contributed by atoms with Crippen molar-refractivity contribution < 1.29 is 18.7 Å². The van der Waals surface area contributed by atoms with Crippen LogP contribution >= 0.6 is 0 Å². The molecule has 0 fully saturated rings. The number of hydrogen-bond acceptors (Lipinski definition) is 3. The van der Waals surface area contributed by atoms with E-state index in [9.17, 15) is 9.18 Å². The van der Waals surface area contributed by atoms with Crippen molar-refractivity contribution in [3.05, 3.63) is 54.3 Å². The normalized spacial score (nSPS) is 10.1. The van der Waals surface area contributed by atoms with Crippen molar-refractivity contribution in [2.24, 2.45) is 0 Å². The minimum Gasteiger partial charge on any atom is -0.494 e. The Morgan fingerprint density at radius 2 is 1.95 bits per heavy atom. The molecule has 0 unspecified atom stereocenters. The summed E-state index contributed by atoms with van der Waals surface area (Å²) in [4.78, 5) is 11.9. The maximum atomic E-state index is 13.1. The number of halogens is 1. The number of amides is 1. The maximum Gasteiger partial charge on any atom is 0.224 e. The first-order chi connectivity index (χ1) is 10.7. The highest BCUT2D eigenvalue weighted by Gasteiger charge is 2.08. The van der Waals surface area contributed by atoms with Gasteiger partial charge in [-0.3, -0.25) is 4.79 Å². The molecule has 4 nitrogen and oxygen atoms in total. The van der Waals surface area contributed by atoms with Crippen molar-refractivity contribution in [3.63, 3.8) is 0 Å². The number of hydrogen-bond donors (Lipinski definition) is 1. The first-order valence-electron chi connectivity index (χ1n) is 7.00. The molecule has 0 saturated heterocycles. The summed E-state index contributed by atoms with van der Waals surface area (Å²) in [6, 6.07) is 13.4. The van der Waals surface area contributed by atoms with Crippen LogP contribution in [0.15, 0.2) is 48.5 Å². The summed E-state index contributed by atoms with van der Waals surface area (Å²) in [5, 5.41) is 2.70. The zero-order valence-corrected chi connectivity index (χ0v) is 12.3. The molecule has 2 aromatic rings. The molecule has 0 radical (unpaired) electrons. The van der Waals surface area contributed by atoms with E-state index in [4.69, 9.17) is 9.47 Å². The highest BCUT2D eigenvalue weighted by Crippen LogP contribution is 2.25. The Balaban J connectivity index is 1.76. The average molecular weight is 303 g/mol. The van der Waals surface area contributed by atoms with E-state index in [-0.39, 0.29) is 5.91 Å². The van der Waals surface area contributed by atoms with Crippen molar-refractivity contribution in [2.75, 3.05) is 19.0 Å². The highest BCUT2D eigenvalue weighted by molar-refractivity contribution is 5.92. The second-order valence-corrected chi connectivity index (χ2v) is 4.66. The fourth-order valence-electron chi connectivity index (χ4n) is 1.92. The van der Waals surface area contributed by atoms with Gasteiger partial charge in [0, 0.05) is 12.5 Å². The van der Waals surface area contributed by atoms with Crippen molar-refractivity contribution in [2.45, 2.75) is 12.8 Å². The molecule has 0 bridgehead atoms. The molecular weight excluding hydrogens is 285 g/mol. The van der Waals surface area contributed by atoms with Crippen molar-refractivity contribution >= 4 is 11.6 Å². The smallest absolute Gasteiger partial charge is 0.224 e. The molecular formula is C17H18FNO3. The predicted octanol–water partition coefficient (Wildman–Crippen LogP) is 3.63. The molecule has 0 aromatic heterocycles. The van der Waals surface area contributed by atoms with Crippen LogP contribution in [0.4, 0.5) is 10.1 Å². The first kappa shape index (κ1) is 15.8. The number of benzene rings is 2. The molecule has 0 aliphatic rings. The molecule has 22 heavy (non-hydrogen) atoms. The number of carbonyl (C=O) groups excluding carboxylic acids is 1. The van der Waals surface area contributed by atoms with Gasteiger partial charge >= 0.3 is 0 Å². The molecule has 2 aromatic carbocycles. The van der Waals surface area contributed by atoms with Gasteiger partial charge in [-0.05, 0) is 30.7 Å². The maximum absolute atomic E-state index is 13.1. The zero-order chi connectivity index (χ0) is 15.8. The largest absolute Gasteiger partial charge is 0.494 e. The molecule has 5 heteroatoms. The van der Waals surface area contributed by atoms with Crippen LogP contribution in [-0.4, -0.2) is 19.6 Å². The monoisotopic (exact) mass is 303 g/mol. The average Bonchev–Trinajstić information content (AvgIpc) is 2.54. The molecule has 116 valence electrons. The van der Waals surface area contributed by atoms with E-state index in [0.29, 0.717) is 30.9 Å². The summed E-state index contributed by atoms with van der Waals surface area (Å²) in [6.07, 6.45) is 0.900. The fraction of sp³-hybridized carbons (Fsp3) is 0.235. The third kappa shape index (κ3) is 4.77. The van der Waals surface area contributed by atoms with E-state index in [1.807, 2.05) is 30.3 Å². The van der Waals surface area contributed by atoms with E-state index in [2.05, 4.69) is 5.32 Å². The van der Waals surface area contributed by atoms with Crippen LogP contribution in [0.2, 0.25) is 0 Å². The molecule has 0 heterocycles. The lowest BCUT2D eigenvalue weighted by atomic mass is 10.2. The third-order valence-corrected chi connectivity index (χ3v) is 3.00. The number of nitrogens with one attached hydrogen (secondary N) is 1. The predicted molar refractivity (Wildman–Crippen MR) is 82.8 cm³/mol. The van der Waals surface area contributed by atoms with Crippen LogP contribution < -0.4 is 14.8 Å². The van der Waals surface area contributed by atoms with E-state index >= 15 is 0 Å². The van der Waals surface area contributed by atoms with Crippen molar-refractivity contribution in [1.29, 1.82) is 0 Å². The lowest BCUT2D eigenvalue weighted by molar-refractivity contribution is -0.116. The topological polar surface area (TPSA) is 47.6 Å². The molecule has 0 aliphatic carbocycles. The van der Waals surface area contributed by atoms with Gasteiger partial charge in [0.2, 0.25) is 5.91 Å². The van der Waals surface area contributed by atoms with E-state index in [0.717, 1.165) is 5.75 Å². The van der Waals surface area contributed by atoms with Gasteiger partial charge in [0.15, 0.2) is 0 Å². The summed E-state index contributed by atoms with van der Waals surface area (Å²) in [5.41, 5.74) is 0.456. The van der Waals surface area contributed by atoms with Gasteiger partial charge in [-0.1, -0.05) is 18.2 Å². The van der Waals surface area contributed by atoms with Gasteiger partial charge in [-0.15, -0.1) is 0 Å². The number of methoxy groups -OCH3 is 1.